The van der Waals surface area contributed by atoms with E-state index in [-0.39, 0.29) is 17.2 Å². The van der Waals surface area contributed by atoms with Crippen molar-refractivity contribution in [3.63, 3.8) is 0 Å². The van der Waals surface area contributed by atoms with Gasteiger partial charge in [0, 0.05) is 11.6 Å². The summed E-state index contributed by atoms with van der Waals surface area (Å²) in [6.07, 6.45) is 1.06. The second-order valence-electron chi connectivity index (χ2n) is 5.42. The number of sulfonamides is 1. The molecule has 2 aromatic rings. The van der Waals surface area contributed by atoms with Crippen LogP contribution in [-0.4, -0.2) is 21.0 Å². The molecule has 0 aliphatic rings. The van der Waals surface area contributed by atoms with Crippen LogP contribution in [0.1, 0.15) is 23.6 Å². The number of carbonyl (C=O) groups is 1. The standard InChI is InChI=1S/C19H18N2O4S/c1-3-25-19(22)12-18(16-6-4-5-15(11-16)13-20)21-26(23,24)17-9-7-14(2)8-10-17/h4-12,21H,3H2,1-2H3/b18-12-. The minimum atomic E-state index is -3.91. The van der Waals surface area contributed by atoms with Gasteiger partial charge >= 0.3 is 5.97 Å². The smallest absolute Gasteiger partial charge is 0.332 e. The third-order valence-electron chi connectivity index (χ3n) is 3.43. The van der Waals surface area contributed by atoms with Gasteiger partial charge in [0.2, 0.25) is 0 Å². The Morgan fingerprint density at radius 1 is 1.23 bits per heavy atom. The minimum absolute atomic E-state index is 0.0288. The normalized spacial score (nSPS) is 11.5. The first kappa shape index (κ1) is 19.2. The first-order chi connectivity index (χ1) is 12.4. The van der Waals surface area contributed by atoms with Crippen LogP contribution in [0.25, 0.3) is 5.70 Å². The molecule has 0 bridgehead atoms. The van der Waals surface area contributed by atoms with Gasteiger partial charge in [-0.2, -0.15) is 5.26 Å². The van der Waals surface area contributed by atoms with E-state index in [1.54, 1.807) is 37.3 Å². The van der Waals surface area contributed by atoms with E-state index in [9.17, 15) is 13.2 Å². The number of aryl methyl sites for hydroxylation is 1. The predicted molar refractivity (Wildman–Crippen MR) is 97.3 cm³/mol. The van der Waals surface area contributed by atoms with Gasteiger partial charge in [-0.1, -0.05) is 29.8 Å². The number of nitriles is 1. The quantitative estimate of drug-likeness (QED) is 0.623. The molecule has 0 saturated carbocycles. The zero-order chi connectivity index (χ0) is 19.2. The summed E-state index contributed by atoms with van der Waals surface area (Å²) in [7, 11) is -3.91. The number of esters is 1. The first-order valence-corrected chi connectivity index (χ1v) is 9.32. The van der Waals surface area contributed by atoms with Crippen LogP contribution < -0.4 is 4.72 Å². The van der Waals surface area contributed by atoms with Gasteiger partial charge in [-0.05, 0) is 38.1 Å². The first-order valence-electron chi connectivity index (χ1n) is 7.84. The highest BCUT2D eigenvalue weighted by Crippen LogP contribution is 2.18. The Labute approximate surface area is 152 Å². The van der Waals surface area contributed by atoms with Gasteiger partial charge in [-0.15, -0.1) is 0 Å². The van der Waals surface area contributed by atoms with Crippen molar-refractivity contribution in [2.75, 3.05) is 6.61 Å². The van der Waals surface area contributed by atoms with E-state index < -0.39 is 16.0 Å². The Hall–Kier alpha value is -3.11. The molecule has 1 N–H and O–H groups in total. The molecule has 0 aliphatic carbocycles. The minimum Gasteiger partial charge on any atom is -0.463 e. The second kappa shape index (κ2) is 8.32. The van der Waals surface area contributed by atoms with Gasteiger partial charge in [0.1, 0.15) is 0 Å². The van der Waals surface area contributed by atoms with Crippen molar-refractivity contribution < 1.29 is 17.9 Å². The molecule has 134 valence electrons. The Bertz CT molecular complexity index is 971. The summed E-state index contributed by atoms with van der Waals surface area (Å²) in [4.78, 5) is 11.9. The number of nitrogens with one attached hydrogen (secondary N) is 1. The van der Waals surface area contributed by atoms with Crippen molar-refractivity contribution in [1.29, 1.82) is 5.26 Å². The number of hydrogen-bond donors (Lipinski definition) is 1. The summed E-state index contributed by atoms with van der Waals surface area (Å²) in [6.45, 7) is 3.66. The van der Waals surface area contributed by atoms with Crippen LogP contribution >= 0.6 is 0 Å². The highest BCUT2D eigenvalue weighted by molar-refractivity contribution is 7.89. The molecule has 2 rings (SSSR count). The van der Waals surface area contributed by atoms with Gasteiger partial charge in [0.05, 0.1) is 28.8 Å². The zero-order valence-corrected chi connectivity index (χ0v) is 15.2. The fourth-order valence-corrected chi connectivity index (χ4v) is 3.23. The Morgan fingerprint density at radius 2 is 1.92 bits per heavy atom. The molecule has 0 heterocycles. The number of hydrogen-bond acceptors (Lipinski definition) is 5. The molecule has 0 fully saturated rings. The lowest BCUT2D eigenvalue weighted by molar-refractivity contribution is -0.137. The number of carbonyl (C=O) groups excluding carboxylic acids is 1. The van der Waals surface area contributed by atoms with E-state index in [0.717, 1.165) is 11.6 Å². The van der Waals surface area contributed by atoms with E-state index in [0.29, 0.717) is 11.1 Å². The number of benzene rings is 2. The van der Waals surface area contributed by atoms with Gasteiger partial charge in [-0.3, -0.25) is 4.72 Å². The monoisotopic (exact) mass is 370 g/mol. The zero-order valence-electron chi connectivity index (χ0n) is 14.4. The molecular formula is C19H18N2O4S. The van der Waals surface area contributed by atoms with Crippen LogP contribution in [0.5, 0.6) is 0 Å². The van der Waals surface area contributed by atoms with Crippen molar-refractivity contribution >= 4 is 21.7 Å². The summed E-state index contributed by atoms with van der Waals surface area (Å²) < 4.78 is 32.6. The summed E-state index contributed by atoms with van der Waals surface area (Å²) in [5, 5.41) is 9.05. The largest absolute Gasteiger partial charge is 0.463 e. The van der Waals surface area contributed by atoms with Gasteiger partial charge in [0.25, 0.3) is 10.0 Å². The maximum absolute atomic E-state index is 12.7. The van der Waals surface area contributed by atoms with Crippen LogP contribution in [0.2, 0.25) is 0 Å². The molecule has 0 saturated heterocycles. The van der Waals surface area contributed by atoms with Gasteiger partial charge in [0.15, 0.2) is 0 Å². The second-order valence-corrected chi connectivity index (χ2v) is 7.10. The van der Waals surface area contributed by atoms with Crippen molar-refractivity contribution in [3.05, 3.63) is 71.3 Å². The van der Waals surface area contributed by atoms with Crippen LogP contribution in [0, 0.1) is 18.3 Å². The average molecular weight is 370 g/mol. The lowest BCUT2D eigenvalue weighted by Gasteiger charge is -2.13. The van der Waals surface area contributed by atoms with Crippen LogP contribution in [0.4, 0.5) is 0 Å². The average Bonchev–Trinajstić information content (AvgIpc) is 2.61. The third-order valence-corrected chi connectivity index (χ3v) is 4.81. The van der Waals surface area contributed by atoms with E-state index in [1.807, 2.05) is 13.0 Å². The molecule has 0 unspecified atom stereocenters. The van der Waals surface area contributed by atoms with E-state index >= 15 is 0 Å². The molecule has 7 heteroatoms. The molecule has 0 atom stereocenters. The SMILES string of the molecule is CCOC(=O)/C=C(\NS(=O)(=O)c1ccc(C)cc1)c1cccc(C#N)c1. The van der Waals surface area contributed by atoms with Crippen molar-refractivity contribution in [3.8, 4) is 6.07 Å². The lowest BCUT2D eigenvalue weighted by atomic mass is 10.1. The fraction of sp³-hybridized carbons (Fsp3) is 0.158. The maximum atomic E-state index is 12.7. The Kier molecular flexibility index (Phi) is 6.15. The van der Waals surface area contributed by atoms with E-state index in [4.69, 9.17) is 10.00 Å². The maximum Gasteiger partial charge on any atom is 0.332 e. The predicted octanol–water partition coefficient (Wildman–Crippen LogP) is 2.75. The van der Waals surface area contributed by atoms with Crippen LogP contribution in [-0.2, 0) is 19.6 Å². The van der Waals surface area contributed by atoms with Crippen molar-refractivity contribution in [2.45, 2.75) is 18.7 Å². The number of nitrogens with zero attached hydrogens (tertiary/aromatic N) is 1. The fourth-order valence-electron chi connectivity index (χ4n) is 2.15. The molecule has 0 amide bonds. The molecule has 0 radical (unpaired) electrons. The molecule has 0 aromatic heterocycles. The van der Waals surface area contributed by atoms with Crippen molar-refractivity contribution in [2.24, 2.45) is 0 Å². The molecule has 26 heavy (non-hydrogen) atoms. The lowest BCUT2D eigenvalue weighted by Crippen LogP contribution is -2.23. The topological polar surface area (TPSA) is 96.3 Å². The highest BCUT2D eigenvalue weighted by Gasteiger charge is 2.18. The summed E-state index contributed by atoms with van der Waals surface area (Å²) in [6, 6.07) is 14.6. The van der Waals surface area contributed by atoms with Gasteiger partial charge < -0.3 is 4.74 Å². The summed E-state index contributed by atoms with van der Waals surface area (Å²) in [5.41, 5.74) is 1.67. The molecule has 2 aromatic carbocycles. The number of ether oxygens (including phenoxy) is 1. The Morgan fingerprint density at radius 3 is 2.54 bits per heavy atom. The molecule has 0 aliphatic heterocycles. The van der Waals surface area contributed by atoms with Gasteiger partial charge in [-0.25, -0.2) is 13.2 Å². The van der Waals surface area contributed by atoms with Crippen LogP contribution in [0.3, 0.4) is 0 Å². The molecule has 0 spiro atoms. The van der Waals surface area contributed by atoms with Crippen molar-refractivity contribution in [1.82, 2.24) is 4.72 Å². The molecular weight excluding hydrogens is 352 g/mol. The summed E-state index contributed by atoms with van der Waals surface area (Å²) >= 11 is 0. The van der Waals surface area contributed by atoms with Crippen LogP contribution in [0.15, 0.2) is 59.5 Å². The highest BCUT2D eigenvalue weighted by atomic mass is 32.2. The summed E-state index contributed by atoms with van der Waals surface area (Å²) in [5.74, 6) is -0.684. The van der Waals surface area contributed by atoms with E-state index in [2.05, 4.69) is 4.72 Å². The third kappa shape index (κ3) is 4.94. The molecule has 6 nitrogen and oxygen atoms in total. The van der Waals surface area contributed by atoms with E-state index in [1.165, 1.54) is 18.2 Å². The number of rotatable bonds is 6. The Balaban J connectivity index is 2.45.